The van der Waals surface area contributed by atoms with Crippen molar-refractivity contribution in [3.05, 3.63) is 42.0 Å². The second-order valence-electron chi connectivity index (χ2n) is 4.54. The number of halogens is 3. The van der Waals surface area contributed by atoms with Gasteiger partial charge in [-0.05, 0) is 41.5 Å². The normalized spacial score (nSPS) is 13.4. The van der Waals surface area contributed by atoms with Crippen molar-refractivity contribution < 1.29 is 22.6 Å². The fraction of sp³-hybridized carbons (Fsp3) is 0.333. The molecule has 2 nitrogen and oxygen atoms in total. The maximum atomic E-state index is 12.1. The van der Waals surface area contributed by atoms with Gasteiger partial charge in [0.05, 0.1) is 13.2 Å². The Morgan fingerprint density at radius 3 is 2.35 bits per heavy atom. The van der Waals surface area contributed by atoms with E-state index in [1.54, 1.807) is 20.1 Å². The lowest BCUT2D eigenvalue weighted by atomic mass is 10.0. The average molecular weight is 284 g/mol. The molecule has 0 aliphatic carbocycles. The van der Waals surface area contributed by atoms with Crippen molar-refractivity contribution >= 4 is 10.8 Å². The largest absolute Gasteiger partial charge is 0.497 e. The smallest absolute Gasteiger partial charge is 0.411 e. The summed E-state index contributed by atoms with van der Waals surface area (Å²) in [5.41, 5.74) is 0.715. The molecule has 0 fully saturated rings. The Balaban J connectivity index is 2.19. The van der Waals surface area contributed by atoms with E-state index in [0.29, 0.717) is 5.56 Å². The molecule has 2 aromatic rings. The van der Waals surface area contributed by atoms with Gasteiger partial charge in [0.25, 0.3) is 0 Å². The van der Waals surface area contributed by atoms with Crippen molar-refractivity contribution in [3.63, 3.8) is 0 Å². The summed E-state index contributed by atoms with van der Waals surface area (Å²) in [5.74, 6) is 0.742. The quantitative estimate of drug-likeness (QED) is 0.823. The molecule has 20 heavy (non-hydrogen) atoms. The van der Waals surface area contributed by atoms with Gasteiger partial charge in [-0.1, -0.05) is 18.2 Å². The minimum absolute atomic E-state index is 0.608. The van der Waals surface area contributed by atoms with E-state index in [9.17, 15) is 13.2 Å². The summed E-state index contributed by atoms with van der Waals surface area (Å²) in [5, 5.41) is 1.90. The predicted molar refractivity (Wildman–Crippen MR) is 70.9 cm³/mol. The van der Waals surface area contributed by atoms with Crippen molar-refractivity contribution in [2.45, 2.75) is 19.2 Å². The molecule has 108 valence electrons. The second-order valence-corrected chi connectivity index (χ2v) is 4.54. The van der Waals surface area contributed by atoms with Gasteiger partial charge in [-0.3, -0.25) is 0 Å². The van der Waals surface area contributed by atoms with Gasteiger partial charge in [0.15, 0.2) is 0 Å². The molecule has 0 saturated heterocycles. The van der Waals surface area contributed by atoms with Gasteiger partial charge in [-0.25, -0.2) is 0 Å². The van der Waals surface area contributed by atoms with Crippen molar-refractivity contribution in [2.24, 2.45) is 0 Å². The molecule has 0 aromatic heterocycles. The molecule has 0 aliphatic heterocycles. The minimum Gasteiger partial charge on any atom is -0.497 e. The Bertz CT molecular complexity index is 593. The summed E-state index contributed by atoms with van der Waals surface area (Å²) in [6.07, 6.45) is -4.92. The van der Waals surface area contributed by atoms with Crippen LogP contribution in [0.3, 0.4) is 0 Å². The number of hydrogen-bond acceptors (Lipinski definition) is 2. The molecular weight excluding hydrogens is 269 g/mol. The molecule has 0 bridgehead atoms. The Morgan fingerprint density at radius 1 is 1.05 bits per heavy atom. The molecule has 0 radical (unpaired) electrons. The number of benzene rings is 2. The molecule has 0 amide bonds. The average Bonchev–Trinajstić information content (AvgIpc) is 2.42. The highest BCUT2D eigenvalue weighted by atomic mass is 19.4. The molecule has 2 rings (SSSR count). The lowest BCUT2D eigenvalue weighted by Gasteiger charge is -2.15. The fourth-order valence-corrected chi connectivity index (χ4v) is 1.94. The first-order valence-corrected chi connectivity index (χ1v) is 6.15. The highest BCUT2D eigenvalue weighted by Gasteiger charge is 2.28. The van der Waals surface area contributed by atoms with Crippen molar-refractivity contribution in [3.8, 4) is 5.75 Å². The third-order valence-corrected chi connectivity index (χ3v) is 3.04. The number of rotatable bonds is 4. The van der Waals surface area contributed by atoms with E-state index >= 15 is 0 Å². The third kappa shape index (κ3) is 3.63. The van der Waals surface area contributed by atoms with Crippen LogP contribution in [0, 0.1) is 0 Å². The lowest BCUT2D eigenvalue weighted by Crippen LogP contribution is -2.18. The Morgan fingerprint density at radius 2 is 1.70 bits per heavy atom. The van der Waals surface area contributed by atoms with E-state index in [0.717, 1.165) is 16.5 Å². The van der Waals surface area contributed by atoms with Crippen molar-refractivity contribution in [2.75, 3.05) is 13.7 Å². The predicted octanol–water partition coefficient (Wildman–Crippen LogP) is 4.49. The van der Waals surface area contributed by atoms with E-state index in [1.165, 1.54) is 0 Å². The zero-order chi connectivity index (χ0) is 14.8. The van der Waals surface area contributed by atoms with Gasteiger partial charge in [0, 0.05) is 0 Å². The van der Waals surface area contributed by atoms with E-state index in [2.05, 4.69) is 0 Å². The van der Waals surface area contributed by atoms with Crippen LogP contribution in [0.15, 0.2) is 36.4 Å². The van der Waals surface area contributed by atoms with Crippen LogP contribution < -0.4 is 4.74 Å². The van der Waals surface area contributed by atoms with Gasteiger partial charge in [0.2, 0.25) is 0 Å². The highest BCUT2D eigenvalue weighted by molar-refractivity contribution is 5.84. The van der Waals surface area contributed by atoms with E-state index in [-0.39, 0.29) is 0 Å². The summed E-state index contributed by atoms with van der Waals surface area (Å²) in [4.78, 5) is 0. The van der Waals surface area contributed by atoms with E-state index in [1.807, 2.05) is 30.3 Å². The van der Waals surface area contributed by atoms with Gasteiger partial charge in [-0.2, -0.15) is 13.2 Å². The number of fused-ring (bicyclic) bond motifs is 1. The molecule has 5 heteroatoms. The number of alkyl halides is 3. The maximum Gasteiger partial charge on any atom is 0.411 e. The molecular formula is C15H15F3O2. The molecule has 0 heterocycles. The van der Waals surface area contributed by atoms with Crippen LogP contribution in [-0.2, 0) is 4.74 Å². The van der Waals surface area contributed by atoms with Crippen LogP contribution in [-0.4, -0.2) is 19.9 Å². The van der Waals surface area contributed by atoms with Crippen LogP contribution in [0.2, 0.25) is 0 Å². The maximum absolute atomic E-state index is 12.1. The molecule has 1 atom stereocenters. The van der Waals surface area contributed by atoms with E-state index in [4.69, 9.17) is 9.47 Å². The van der Waals surface area contributed by atoms with Crippen LogP contribution in [0.1, 0.15) is 18.6 Å². The van der Waals surface area contributed by atoms with Crippen LogP contribution in [0.5, 0.6) is 5.75 Å². The Kier molecular flexibility index (Phi) is 4.18. The zero-order valence-electron chi connectivity index (χ0n) is 11.2. The first kappa shape index (κ1) is 14.7. The lowest BCUT2D eigenvalue weighted by molar-refractivity contribution is -0.184. The summed E-state index contributed by atoms with van der Waals surface area (Å²) in [6.45, 7) is 0.366. The van der Waals surface area contributed by atoms with Gasteiger partial charge >= 0.3 is 6.18 Å². The summed E-state index contributed by atoms with van der Waals surface area (Å²) >= 11 is 0. The van der Waals surface area contributed by atoms with E-state index < -0.39 is 18.9 Å². The molecule has 2 aromatic carbocycles. The second kappa shape index (κ2) is 5.71. The highest BCUT2D eigenvalue weighted by Crippen LogP contribution is 2.27. The Hall–Kier alpha value is -1.75. The third-order valence-electron chi connectivity index (χ3n) is 3.04. The molecule has 0 N–H and O–H groups in total. The topological polar surface area (TPSA) is 18.5 Å². The molecule has 1 unspecified atom stereocenters. The monoisotopic (exact) mass is 284 g/mol. The number of hydrogen-bond donors (Lipinski definition) is 0. The van der Waals surface area contributed by atoms with Gasteiger partial charge in [0.1, 0.15) is 12.4 Å². The SMILES string of the molecule is COc1ccc2cc(C(C)OCC(F)(F)F)ccc2c1. The van der Waals surface area contributed by atoms with Crippen LogP contribution in [0.4, 0.5) is 13.2 Å². The van der Waals surface area contributed by atoms with Crippen LogP contribution in [0.25, 0.3) is 10.8 Å². The standard InChI is InChI=1S/C15H15F3O2/c1-10(20-9-15(16,17)18)11-3-4-13-8-14(19-2)6-5-12(13)7-11/h3-8,10H,9H2,1-2H3. The molecule has 0 aliphatic rings. The summed E-state index contributed by atoms with van der Waals surface area (Å²) in [7, 11) is 1.59. The van der Waals surface area contributed by atoms with Crippen molar-refractivity contribution in [1.29, 1.82) is 0 Å². The summed E-state index contributed by atoms with van der Waals surface area (Å²) in [6, 6.07) is 11.0. The summed E-state index contributed by atoms with van der Waals surface area (Å²) < 4.78 is 46.4. The van der Waals surface area contributed by atoms with Gasteiger partial charge in [-0.15, -0.1) is 0 Å². The molecule has 0 saturated carbocycles. The van der Waals surface area contributed by atoms with Crippen LogP contribution >= 0.6 is 0 Å². The Labute approximate surface area is 115 Å². The van der Waals surface area contributed by atoms with Gasteiger partial charge < -0.3 is 9.47 Å². The minimum atomic E-state index is -4.31. The first-order chi connectivity index (χ1) is 9.39. The number of ether oxygens (including phenoxy) is 2. The number of methoxy groups -OCH3 is 1. The first-order valence-electron chi connectivity index (χ1n) is 6.15. The fourth-order valence-electron chi connectivity index (χ4n) is 1.94. The van der Waals surface area contributed by atoms with Crippen molar-refractivity contribution in [1.82, 2.24) is 0 Å². The molecule has 0 spiro atoms. The zero-order valence-corrected chi connectivity index (χ0v) is 11.2.